The van der Waals surface area contributed by atoms with Crippen LogP contribution in [0.4, 0.5) is 0 Å². The fourth-order valence-corrected chi connectivity index (χ4v) is 4.45. The second-order valence-electron chi connectivity index (χ2n) is 6.37. The summed E-state index contributed by atoms with van der Waals surface area (Å²) < 4.78 is 6.04. The summed E-state index contributed by atoms with van der Waals surface area (Å²) in [5, 5.41) is 27.8. The van der Waals surface area contributed by atoms with Crippen molar-refractivity contribution in [1.82, 2.24) is 15.5 Å². The molecule has 8 heteroatoms. The Hall–Kier alpha value is -0.380. The lowest BCUT2D eigenvalue weighted by Gasteiger charge is -2.36. The average Bonchev–Trinajstić information content (AvgIpc) is 3.02. The number of hydrogen-bond donors (Lipinski definition) is 4. The zero-order valence-electron chi connectivity index (χ0n) is 13.3. The molecule has 126 valence electrons. The van der Waals surface area contributed by atoms with Crippen molar-refractivity contribution < 1.29 is 14.9 Å². The topological polar surface area (TPSA) is 89.4 Å². The molecule has 0 bridgehead atoms. The van der Waals surface area contributed by atoms with E-state index in [-0.39, 0.29) is 18.2 Å². The van der Waals surface area contributed by atoms with Gasteiger partial charge in [-0.3, -0.25) is 15.2 Å². The van der Waals surface area contributed by atoms with Crippen LogP contribution in [0, 0.1) is 5.92 Å². The Morgan fingerprint density at radius 2 is 2.36 bits per heavy atom. The van der Waals surface area contributed by atoms with Crippen LogP contribution in [0.3, 0.4) is 0 Å². The third-order valence-corrected chi connectivity index (χ3v) is 5.70. The molecule has 2 fully saturated rings. The predicted octanol–water partition coefficient (Wildman–Crippen LogP) is -0.987. The minimum Gasteiger partial charge on any atom is -0.386 e. The molecule has 4 N–H and O–H groups in total. The first-order valence-electron chi connectivity index (χ1n) is 7.76. The molecule has 0 saturated carbocycles. The maximum Gasteiger partial charge on any atom is 0.141 e. The van der Waals surface area contributed by atoms with E-state index in [1.807, 2.05) is 13.3 Å². The minimum absolute atomic E-state index is 0.0865. The zero-order chi connectivity index (χ0) is 15.9. The summed E-state index contributed by atoms with van der Waals surface area (Å²) >= 11 is 1.62. The molecule has 0 spiro atoms. The largest absolute Gasteiger partial charge is 0.386 e. The molecule has 0 aliphatic carbocycles. The Kier molecular flexibility index (Phi) is 4.69. The summed E-state index contributed by atoms with van der Waals surface area (Å²) in [5.41, 5.74) is -1.22. The molecular weight excluding hydrogens is 304 g/mol. The van der Waals surface area contributed by atoms with Crippen molar-refractivity contribution in [3.05, 3.63) is 0 Å². The first-order valence-corrected chi connectivity index (χ1v) is 9.16. The van der Waals surface area contributed by atoms with Gasteiger partial charge in [0.1, 0.15) is 23.8 Å². The number of ether oxygens (including phenoxy) is 1. The number of amidine groups is 1. The molecule has 0 aromatic heterocycles. The van der Waals surface area contributed by atoms with Crippen molar-refractivity contribution in [3.8, 4) is 0 Å². The summed E-state index contributed by atoms with van der Waals surface area (Å²) in [6, 6.07) is 0. The van der Waals surface area contributed by atoms with E-state index in [0.29, 0.717) is 12.4 Å². The first kappa shape index (κ1) is 16.5. The second-order valence-corrected chi connectivity index (χ2v) is 7.29. The Morgan fingerprint density at radius 3 is 3.05 bits per heavy atom. The van der Waals surface area contributed by atoms with E-state index in [2.05, 4.69) is 20.5 Å². The van der Waals surface area contributed by atoms with E-state index in [9.17, 15) is 10.2 Å². The van der Waals surface area contributed by atoms with Gasteiger partial charge in [-0.2, -0.15) is 11.8 Å². The number of rotatable bonds is 3. The molecule has 7 nitrogen and oxygen atoms in total. The summed E-state index contributed by atoms with van der Waals surface area (Å²) in [6.45, 7) is 3.04. The van der Waals surface area contributed by atoms with E-state index in [0.717, 1.165) is 18.8 Å². The fraction of sp³-hybridized carbons (Fsp3) is 0.929. The third-order valence-electron chi connectivity index (χ3n) is 5.06. The lowest BCUT2D eigenvalue weighted by molar-refractivity contribution is -0.0991. The number of nitrogens with zero attached hydrogens (tertiary/aromatic N) is 2. The van der Waals surface area contributed by atoms with Crippen molar-refractivity contribution in [1.29, 1.82) is 0 Å². The fourth-order valence-electron chi connectivity index (χ4n) is 3.73. The number of fused-ring (bicyclic) bond motifs is 1. The molecule has 3 heterocycles. The van der Waals surface area contributed by atoms with Gasteiger partial charge in [0.05, 0.1) is 18.9 Å². The quantitative estimate of drug-likeness (QED) is 0.528. The highest BCUT2D eigenvalue weighted by Crippen LogP contribution is 2.38. The molecule has 22 heavy (non-hydrogen) atoms. The zero-order valence-corrected chi connectivity index (χ0v) is 14.1. The van der Waals surface area contributed by atoms with Crippen molar-refractivity contribution in [2.24, 2.45) is 10.9 Å². The maximum absolute atomic E-state index is 10.6. The molecule has 2 unspecified atom stereocenters. The van der Waals surface area contributed by atoms with Crippen LogP contribution in [0.5, 0.6) is 0 Å². The Labute approximate surface area is 135 Å². The molecule has 6 atom stereocenters. The van der Waals surface area contributed by atoms with Gasteiger partial charge in [0.15, 0.2) is 0 Å². The highest BCUT2D eigenvalue weighted by molar-refractivity contribution is 7.98. The SMILES string of the molecule is CNC1=NCNC2C1CCN2[C@@H]1O[C@H](CSC)[C@@](C)(O)[C@H]1O. The van der Waals surface area contributed by atoms with Gasteiger partial charge in [0.2, 0.25) is 0 Å². The summed E-state index contributed by atoms with van der Waals surface area (Å²) in [6.07, 6.45) is 1.27. The van der Waals surface area contributed by atoms with E-state index in [4.69, 9.17) is 4.74 Å². The number of aliphatic hydroxyl groups excluding tert-OH is 1. The van der Waals surface area contributed by atoms with E-state index < -0.39 is 17.9 Å². The van der Waals surface area contributed by atoms with Gasteiger partial charge >= 0.3 is 0 Å². The van der Waals surface area contributed by atoms with Gasteiger partial charge in [-0.25, -0.2) is 0 Å². The first-order chi connectivity index (χ1) is 10.5. The van der Waals surface area contributed by atoms with Gasteiger partial charge in [-0.05, 0) is 19.6 Å². The van der Waals surface area contributed by atoms with Crippen LogP contribution in [0.25, 0.3) is 0 Å². The molecule has 0 amide bonds. The summed E-state index contributed by atoms with van der Waals surface area (Å²) in [4.78, 5) is 6.59. The molecule has 0 radical (unpaired) electrons. The van der Waals surface area contributed by atoms with Crippen LogP contribution in [0.2, 0.25) is 0 Å². The van der Waals surface area contributed by atoms with Crippen LogP contribution in [0.1, 0.15) is 13.3 Å². The van der Waals surface area contributed by atoms with Gasteiger partial charge < -0.3 is 20.3 Å². The molecule has 3 aliphatic heterocycles. The van der Waals surface area contributed by atoms with Crippen LogP contribution < -0.4 is 10.6 Å². The van der Waals surface area contributed by atoms with Crippen molar-refractivity contribution >= 4 is 17.6 Å². The summed E-state index contributed by atoms with van der Waals surface area (Å²) in [5.74, 6) is 1.95. The van der Waals surface area contributed by atoms with Gasteiger partial charge in [0, 0.05) is 25.3 Å². The number of aliphatic imine (C=N–C) groups is 1. The molecule has 3 rings (SSSR count). The predicted molar refractivity (Wildman–Crippen MR) is 86.8 cm³/mol. The lowest BCUT2D eigenvalue weighted by Crippen LogP contribution is -2.58. The monoisotopic (exact) mass is 330 g/mol. The lowest BCUT2D eigenvalue weighted by atomic mass is 9.95. The standard InChI is InChI=1S/C14H26N4O3S/c1-14(20)9(6-22-3)21-13(10(14)19)18-5-4-8-11(15-2)16-7-17-12(8)18/h8-10,12-13,17,19-20H,4-7H2,1-3H3,(H,15,16)/t8?,9-,10+,12?,13-,14-/m1/s1. The summed E-state index contributed by atoms with van der Waals surface area (Å²) in [7, 11) is 1.89. The van der Waals surface area contributed by atoms with Gasteiger partial charge in [-0.15, -0.1) is 0 Å². The van der Waals surface area contributed by atoms with Crippen LogP contribution in [0.15, 0.2) is 4.99 Å². The van der Waals surface area contributed by atoms with Gasteiger partial charge in [-0.1, -0.05) is 0 Å². The number of hydrogen-bond acceptors (Lipinski definition) is 8. The second kappa shape index (κ2) is 6.26. The van der Waals surface area contributed by atoms with Crippen molar-refractivity contribution in [2.45, 2.75) is 43.5 Å². The van der Waals surface area contributed by atoms with Gasteiger partial charge in [0.25, 0.3) is 0 Å². The molecule has 0 aromatic rings. The van der Waals surface area contributed by atoms with Crippen LogP contribution in [-0.2, 0) is 4.74 Å². The van der Waals surface area contributed by atoms with Crippen molar-refractivity contribution in [3.63, 3.8) is 0 Å². The van der Waals surface area contributed by atoms with E-state index in [1.54, 1.807) is 18.7 Å². The normalized spacial score (nSPS) is 45.7. The Morgan fingerprint density at radius 1 is 1.59 bits per heavy atom. The highest BCUT2D eigenvalue weighted by Gasteiger charge is 2.56. The number of nitrogens with one attached hydrogen (secondary N) is 2. The highest BCUT2D eigenvalue weighted by atomic mass is 32.2. The molecule has 2 saturated heterocycles. The smallest absolute Gasteiger partial charge is 0.141 e. The number of aliphatic hydroxyl groups is 2. The number of likely N-dealkylation sites (tertiary alicyclic amines) is 1. The molecule has 0 aromatic carbocycles. The van der Waals surface area contributed by atoms with Crippen LogP contribution in [-0.4, -0.2) is 83.4 Å². The Bertz CT molecular complexity index is 448. The molecule has 3 aliphatic rings. The third kappa shape index (κ3) is 2.55. The average molecular weight is 330 g/mol. The van der Waals surface area contributed by atoms with Crippen molar-refractivity contribution in [2.75, 3.05) is 32.3 Å². The molecular formula is C14H26N4O3S. The van der Waals surface area contributed by atoms with E-state index >= 15 is 0 Å². The minimum atomic E-state index is -1.22. The number of thioether (sulfide) groups is 1. The van der Waals surface area contributed by atoms with Crippen LogP contribution >= 0.6 is 11.8 Å². The van der Waals surface area contributed by atoms with E-state index in [1.165, 1.54) is 0 Å². The maximum atomic E-state index is 10.6. The Balaban J connectivity index is 1.77.